The predicted molar refractivity (Wildman–Crippen MR) is 76.5 cm³/mol. The van der Waals surface area contributed by atoms with Crippen LogP contribution in [-0.2, 0) is 4.79 Å². The second-order valence-corrected chi connectivity index (χ2v) is 6.38. The van der Waals surface area contributed by atoms with Crippen molar-refractivity contribution >= 4 is 12.0 Å². The maximum Gasteiger partial charge on any atom is 0.317 e. The number of hydrogen-bond acceptors (Lipinski definition) is 2. The molecule has 0 aromatic heterocycles. The molecule has 0 spiro atoms. The fourth-order valence-corrected chi connectivity index (χ4v) is 2.92. The molecule has 2 aliphatic carbocycles. The highest BCUT2D eigenvalue weighted by molar-refractivity contribution is 5.76. The Hall–Kier alpha value is -1.26. The SMILES string of the molecule is CC1CCC(CNC(=O)N(CCC(=O)O)C2CC2)CC1. The molecule has 0 heterocycles. The summed E-state index contributed by atoms with van der Waals surface area (Å²) in [6, 6.07) is 0.188. The number of hydrogen-bond donors (Lipinski definition) is 2. The third kappa shape index (κ3) is 4.69. The van der Waals surface area contributed by atoms with Crippen LogP contribution in [0.4, 0.5) is 4.79 Å². The Balaban J connectivity index is 1.72. The summed E-state index contributed by atoms with van der Waals surface area (Å²) in [6.45, 7) is 3.35. The molecule has 0 aromatic carbocycles. The largest absolute Gasteiger partial charge is 0.481 e. The summed E-state index contributed by atoms with van der Waals surface area (Å²) in [6.07, 6.45) is 6.95. The summed E-state index contributed by atoms with van der Waals surface area (Å²) in [5.74, 6) is 0.570. The molecule has 0 atom stereocenters. The predicted octanol–water partition coefficient (Wildman–Crippen LogP) is 2.46. The molecular formula is C15H26N2O3. The third-order valence-electron chi connectivity index (χ3n) is 4.49. The van der Waals surface area contributed by atoms with E-state index < -0.39 is 5.97 Å². The summed E-state index contributed by atoms with van der Waals surface area (Å²) < 4.78 is 0. The van der Waals surface area contributed by atoms with Crippen LogP contribution in [0.15, 0.2) is 0 Å². The molecule has 0 aliphatic heterocycles. The first-order chi connectivity index (χ1) is 9.56. The zero-order chi connectivity index (χ0) is 14.5. The molecule has 2 fully saturated rings. The van der Waals surface area contributed by atoms with E-state index >= 15 is 0 Å². The highest BCUT2D eigenvalue weighted by atomic mass is 16.4. The molecule has 2 saturated carbocycles. The molecular weight excluding hydrogens is 256 g/mol. The summed E-state index contributed by atoms with van der Waals surface area (Å²) in [5.41, 5.74) is 0. The Kier molecular flexibility index (Phi) is 5.26. The Labute approximate surface area is 120 Å². The van der Waals surface area contributed by atoms with E-state index in [0.717, 1.165) is 25.3 Å². The number of carboxylic acids is 1. The minimum atomic E-state index is -0.843. The van der Waals surface area contributed by atoms with Gasteiger partial charge in [0.05, 0.1) is 6.42 Å². The van der Waals surface area contributed by atoms with Crippen LogP contribution in [-0.4, -0.2) is 41.1 Å². The van der Waals surface area contributed by atoms with Crippen LogP contribution in [0, 0.1) is 11.8 Å². The molecule has 0 unspecified atom stereocenters. The Morgan fingerprint density at radius 2 is 1.80 bits per heavy atom. The lowest BCUT2D eigenvalue weighted by Gasteiger charge is -2.28. The minimum Gasteiger partial charge on any atom is -0.481 e. The average Bonchev–Trinajstić information content (AvgIpc) is 3.22. The first-order valence-electron chi connectivity index (χ1n) is 7.82. The molecule has 2 aliphatic rings. The molecule has 114 valence electrons. The summed E-state index contributed by atoms with van der Waals surface area (Å²) in [7, 11) is 0. The van der Waals surface area contributed by atoms with E-state index in [1.165, 1.54) is 25.7 Å². The zero-order valence-corrected chi connectivity index (χ0v) is 12.3. The number of carbonyl (C=O) groups is 2. The first kappa shape index (κ1) is 15.1. The number of nitrogens with one attached hydrogen (secondary N) is 1. The second-order valence-electron chi connectivity index (χ2n) is 6.38. The number of urea groups is 1. The smallest absolute Gasteiger partial charge is 0.317 e. The van der Waals surface area contributed by atoms with E-state index in [0.29, 0.717) is 12.5 Å². The lowest BCUT2D eigenvalue weighted by atomic mass is 9.83. The van der Waals surface area contributed by atoms with Crippen molar-refractivity contribution in [3.05, 3.63) is 0 Å². The molecule has 2 rings (SSSR count). The monoisotopic (exact) mass is 282 g/mol. The van der Waals surface area contributed by atoms with E-state index in [4.69, 9.17) is 5.11 Å². The highest BCUT2D eigenvalue weighted by Gasteiger charge is 2.32. The maximum atomic E-state index is 12.2. The Morgan fingerprint density at radius 3 is 2.35 bits per heavy atom. The van der Waals surface area contributed by atoms with Crippen molar-refractivity contribution in [3.8, 4) is 0 Å². The normalized spacial score (nSPS) is 26.1. The molecule has 20 heavy (non-hydrogen) atoms. The van der Waals surface area contributed by atoms with Crippen LogP contribution in [0.2, 0.25) is 0 Å². The van der Waals surface area contributed by atoms with Crippen LogP contribution < -0.4 is 5.32 Å². The van der Waals surface area contributed by atoms with Crippen molar-refractivity contribution in [1.29, 1.82) is 0 Å². The van der Waals surface area contributed by atoms with Gasteiger partial charge in [-0.1, -0.05) is 19.8 Å². The van der Waals surface area contributed by atoms with Crippen molar-refractivity contribution in [1.82, 2.24) is 10.2 Å². The molecule has 0 radical (unpaired) electrons. The van der Waals surface area contributed by atoms with Crippen molar-refractivity contribution in [2.24, 2.45) is 11.8 Å². The van der Waals surface area contributed by atoms with Gasteiger partial charge in [0.25, 0.3) is 0 Å². The van der Waals surface area contributed by atoms with Crippen molar-refractivity contribution in [2.45, 2.75) is 57.9 Å². The third-order valence-corrected chi connectivity index (χ3v) is 4.49. The molecule has 2 N–H and O–H groups in total. The molecule has 0 bridgehead atoms. The van der Waals surface area contributed by atoms with Gasteiger partial charge in [-0.05, 0) is 37.5 Å². The topological polar surface area (TPSA) is 69.6 Å². The quantitative estimate of drug-likeness (QED) is 0.786. The van der Waals surface area contributed by atoms with Crippen LogP contribution in [0.5, 0.6) is 0 Å². The molecule has 5 heteroatoms. The standard InChI is InChI=1S/C15H26N2O3/c1-11-2-4-12(5-3-11)10-16-15(20)17(13-6-7-13)9-8-14(18)19/h11-13H,2-10H2,1H3,(H,16,20)(H,18,19). The number of nitrogens with zero attached hydrogens (tertiary/aromatic N) is 1. The van der Waals surface area contributed by atoms with Gasteiger partial charge < -0.3 is 15.3 Å². The number of amides is 2. The number of carboxylic acid groups (broad SMARTS) is 1. The van der Waals surface area contributed by atoms with E-state index in [2.05, 4.69) is 12.2 Å². The minimum absolute atomic E-state index is 0.0326. The number of carbonyl (C=O) groups excluding carboxylic acids is 1. The van der Waals surface area contributed by atoms with Gasteiger partial charge in [-0.3, -0.25) is 4.79 Å². The van der Waals surface area contributed by atoms with Gasteiger partial charge >= 0.3 is 12.0 Å². The summed E-state index contributed by atoms with van der Waals surface area (Å²) in [4.78, 5) is 24.5. The average molecular weight is 282 g/mol. The molecule has 5 nitrogen and oxygen atoms in total. The van der Waals surface area contributed by atoms with E-state index in [-0.39, 0.29) is 18.5 Å². The van der Waals surface area contributed by atoms with Crippen molar-refractivity contribution in [2.75, 3.05) is 13.1 Å². The van der Waals surface area contributed by atoms with Crippen molar-refractivity contribution < 1.29 is 14.7 Å². The van der Waals surface area contributed by atoms with Gasteiger partial charge in [0.15, 0.2) is 0 Å². The Morgan fingerprint density at radius 1 is 1.15 bits per heavy atom. The van der Waals surface area contributed by atoms with Crippen LogP contribution in [0.25, 0.3) is 0 Å². The van der Waals surface area contributed by atoms with Crippen LogP contribution in [0.3, 0.4) is 0 Å². The number of rotatable bonds is 6. The zero-order valence-electron chi connectivity index (χ0n) is 12.3. The van der Waals surface area contributed by atoms with Gasteiger partial charge in [0, 0.05) is 19.1 Å². The second kappa shape index (κ2) is 6.95. The van der Waals surface area contributed by atoms with Gasteiger partial charge in [-0.2, -0.15) is 0 Å². The lowest BCUT2D eigenvalue weighted by Crippen LogP contribution is -2.44. The van der Waals surface area contributed by atoms with E-state index in [1.54, 1.807) is 4.90 Å². The lowest BCUT2D eigenvalue weighted by molar-refractivity contribution is -0.137. The summed E-state index contributed by atoms with van der Waals surface area (Å²) >= 11 is 0. The molecule has 0 saturated heterocycles. The van der Waals surface area contributed by atoms with Crippen molar-refractivity contribution in [3.63, 3.8) is 0 Å². The van der Waals surface area contributed by atoms with Crippen LogP contribution >= 0.6 is 0 Å². The molecule has 2 amide bonds. The van der Waals surface area contributed by atoms with E-state index in [9.17, 15) is 9.59 Å². The fourth-order valence-electron chi connectivity index (χ4n) is 2.92. The highest BCUT2D eigenvalue weighted by Crippen LogP contribution is 2.29. The Bertz CT molecular complexity index is 347. The summed E-state index contributed by atoms with van der Waals surface area (Å²) in [5, 5.41) is 11.8. The van der Waals surface area contributed by atoms with Gasteiger partial charge in [-0.25, -0.2) is 4.79 Å². The van der Waals surface area contributed by atoms with E-state index in [1.807, 2.05) is 0 Å². The van der Waals surface area contributed by atoms with Gasteiger partial charge in [-0.15, -0.1) is 0 Å². The fraction of sp³-hybridized carbons (Fsp3) is 0.867. The first-order valence-corrected chi connectivity index (χ1v) is 7.82. The van der Waals surface area contributed by atoms with Gasteiger partial charge in [0.2, 0.25) is 0 Å². The maximum absolute atomic E-state index is 12.2. The van der Waals surface area contributed by atoms with Gasteiger partial charge in [0.1, 0.15) is 0 Å². The van der Waals surface area contributed by atoms with Crippen LogP contribution in [0.1, 0.15) is 51.9 Å². The molecule has 0 aromatic rings. The number of aliphatic carboxylic acids is 1.